The maximum absolute atomic E-state index is 13.4. The number of carbonyl (C=O) groups is 3. The molecule has 0 aliphatic carbocycles. The number of carbonyl (C=O) groups excluding carboxylic acids is 2. The van der Waals surface area contributed by atoms with E-state index in [1.165, 1.54) is 0 Å². The molecule has 3 aliphatic rings. The van der Waals surface area contributed by atoms with Crippen molar-refractivity contribution in [3.63, 3.8) is 0 Å². The fourth-order valence-electron chi connectivity index (χ4n) is 5.06. The molecule has 2 amide bonds. The molecule has 0 atom stereocenters. The number of hydrogen-bond donors (Lipinski definition) is 1. The predicted molar refractivity (Wildman–Crippen MR) is 137 cm³/mol. The van der Waals surface area contributed by atoms with Crippen LogP contribution >= 0.6 is 0 Å². The van der Waals surface area contributed by atoms with Gasteiger partial charge in [-0.05, 0) is 49.9 Å². The van der Waals surface area contributed by atoms with Crippen LogP contribution in [0, 0.1) is 5.41 Å². The second-order valence-electron chi connectivity index (χ2n) is 9.85. The number of ether oxygens (including phenoxy) is 2. The molecule has 4 heterocycles. The van der Waals surface area contributed by atoms with Crippen molar-refractivity contribution in [2.24, 2.45) is 5.41 Å². The van der Waals surface area contributed by atoms with E-state index in [0.29, 0.717) is 44.1 Å². The van der Waals surface area contributed by atoms with Gasteiger partial charge in [0.1, 0.15) is 18.1 Å². The number of carboxylic acid groups (broad SMARTS) is 1. The Kier molecular flexibility index (Phi) is 8.98. The highest BCUT2D eigenvalue weighted by atomic mass is 16.5. The number of piperidine rings is 1. The Morgan fingerprint density at radius 2 is 1.81 bits per heavy atom. The highest BCUT2D eigenvalue weighted by Crippen LogP contribution is 2.38. The number of benzene rings is 1. The smallest absolute Gasteiger partial charge is 0.303 e. The van der Waals surface area contributed by atoms with Crippen molar-refractivity contribution in [2.45, 2.75) is 44.9 Å². The molecule has 1 N–H and O–H groups in total. The molecule has 5 rings (SSSR count). The first-order chi connectivity index (χ1) is 18.0. The molecule has 0 radical (unpaired) electrons. The van der Waals surface area contributed by atoms with Gasteiger partial charge in [0.05, 0.1) is 31.3 Å². The largest absolute Gasteiger partial charge is 0.491 e. The van der Waals surface area contributed by atoms with Crippen LogP contribution in [0.15, 0.2) is 48.8 Å². The first kappa shape index (κ1) is 26.4. The van der Waals surface area contributed by atoms with Gasteiger partial charge in [-0.3, -0.25) is 19.4 Å². The van der Waals surface area contributed by atoms with Crippen LogP contribution in [0.2, 0.25) is 0 Å². The zero-order chi connectivity index (χ0) is 26.1. The third-order valence-corrected chi connectivity index (χ3v) is 7.32. The van der Waals surface area contributed by atoms with E-state index in [2.05, 4.69) is 4.98 Å². The normalized spacial score (nSPS) is 18.2. The molecule has 0 unspecified atom stereocenters. The van der Waals surface area contributed by atoms with Crippen molar-refractivity contribution in [1.29, 1.82) is 0 Å². The van der Waals surface area contributed by atoms with Crippen LogP contribution in [-0.2, 0) is 9.59 Å². The number of aromatic nitrogens is 1. The maximum Gasteiger partial charge on any atom is 0.303 e. The number of hydrogen-bond acceptors (Lipinski definition) is 6. The molecule has 9 heteroatoms. The Morgan fingerprint density at radius 1 is 1.00 bits per heavy atom. The molecular weight excluding hydrogens is 474 g/mol. The summed E-state index contributed by atoms with van der Waals surface area (Å²) in [6.45, 7) is 2.93. The Bertz CT molecular complexity index is 1070. The number of aliphatic carboxylic acids is 1. The molecule has 0 spiro atoms. The molecule has 1 aromatic carbocycles. The van der Waals surface area contributed by atoms with E-state index in [4.69, 9.17) is 14.6 Å². The fraction of sp³-hybridized carbons (Fsp3) is 0.500. The number of carboxylic acids is 1. The van der Waals surface area contributed by atoms with Gasteiger partial charge in [-0.25, -0.2) is 0 Å². The first-order valence-corrected chi connectivity index (χ1v) is 13.0. The number of amides is 2. The molecule has 2 bridgehead atoms. The number of nitrogens with zero attached hydrogens (tertiary/aromatic N) is 3. The average molecular weight is 510 g/mol. The molecule has 3 aliphatic heterocycles. The van der Waals surface area contributed by atoms with E-state index in [1.54, 1.807) is 29.4 Å². The van der Waals surface area contributed by atoms with Crippen molar-refractivity contribution < 1.29 is 29.0 Å². The van der Waals surface area contributed by atoms with E-state index in [0.717, 1.165) is 37.9 Å². The van der Waals surface area contributed by atoms with Gasteiger partial charge in [0.2, 0.25) is 5.91 Å². The lowest BCUT2D eigenvalue weighted by Gasteiger charge is -2.42. The lowest BCUT2D eigenvalue weighted by Crippen LogP contribution is -2.45. The predicted octanol–water partition coefficient (Wildman–Crippen LogP) is 3.64. The van der Waals surface area contributed by atoms with Gasteiger partial charge in [0.25, 0.3) is 5.91 Å². The molecule has 1 fully saturated rings. The lowest BCUT2D eigenvalue weighted by atomic mass is 9.75. The van der Waals surface area contributed by atoms with E-state index in [9.17, 15) is 14.4 Å². The summed E-state index contributed by atoms with van der Waals surface area (Å²) in [5.41, 5.74) is 0.432. The van der Waals surface area contributed by atoms with Gasteiger partial charge in [-0.2, -0.15) is 0 Å². The van der Waals surface area contributed by atoms with E-state index < -0.39 is 5.97 Å². The monoisotopic (exact) mass is 509 g/mol. The van der Waals surface area contributed by atoms with Gasteiger partial charge in [-0.1, -0.05) is 18.6 Å². The third-order valence-electron chi connectivity index (χ3n) is 7.32. The summed E-state index contributed by atoms with van der Waals surface area (Å²) in [7, 11) is 0. The van der Waals surface area contributed by atoms with Crippen LogP contribution in [0.5, 0.6) is 11.5 Å². The van der Waals surface area contributed by atoms with Crippen LogP contribution in [0.4, 0.5) is 0 Å². The van der Waals surface area contributed by atoms with Crippen LogP contribution in [0.25, 0.3) is 0 Å². The highest BCUT2D eigenvalue weighted by Gasteiger charge is 2.37. The number of rotatable bonds is 6. The maximum atomic E-state index is 13.4. The Morgan fingerprint density at radius 3 is 2.57 bits per heavy atom. The van der Waals surface area contributed by atoms with Crippen molar-refractivity contribution in [3.8, 4) is 11.5 Å². The van der Waals surface area contributed by atoms with E-state index in [-0.39, 0.29) is 36.7 Å². The fourth-order valence-corrected chi connectivity index (χ4v) is 5.06. The van der Waals surface area contributed by atoms with Crippen molar-refractivity contribution in [3.05, 3.63) is 54.4 Å². The summed E-state index contributed by atoms with van der Waals surface area (Å²) >= 11 is 0. The average Bonchev–Trinajstić information content (AvgIpc) is 2.93. The van der Waals surface area contributed by atoms with Gasteiger partial charge in [-0.15, -0.1) is 0 Å². The summed E-state index contributed by atoms with van der Waals surface area (Å²) in [5.74, 6) is -0.00989. The third kappa shape index (κ3) is 7.21. The van der Waals surface area contributed by atoms with E-state index in [1.807, 2.05) is 29.2 Å². The Labute approximate surface area is 217 Å². The quantitative estimate of drug-likeness (QED) is 0.633. The lowest BCUT2D eigenvalue weighted by molar-refractivity contribution is -0.141. The zero-order valence-electron chi connectivity index (χ0n) is 21.1. The molecule has 0 saturated carbocycles. The summed E-state index contributed by atoms with van der Waals surface area (Å²) in [5, 5.41) is 9.01. The first-order valence-electron chi connectivity index (χ1n) is 13.0. The van der Waals surface area contributed by atoms with Crippen LogP contribution in [-0.4, -0.2) is 77.1 Å². The number of fused-ring (bicyclic) bond motifs is 9. The second-order valence-corrected chi connectivity index (χ2v) is 9.85. The Hall–Kier alpha value is -3.62. The summed E-state index contributed by atoms with van der Waals surface area (Å²) in [6.07, 6.45) is 7.44. The molecule has 198 valence electrons. The number of pyridine rings is 1. The van der Waals surface area contributed by atoms with Gasteiger partial charge in [0, 0.05) is 37.7 Å². The van der Waals surface area contributed by atoms with Crippen molar-refractivity contribution >= 4 is 17.8 Å². The van der Waals surface area contributed by atoms with Gasteiger partial charge < -0.3 is 24.4 Å². The zero-order valence-corrected chi connectivity index (χ0v) is 21.1. The minimum absolute atomic E-state index is 0.0394. The van der Waals surface area contributed by atoms with Crippen molar-refractivity contribution in [2.75, 3.05) is 39.4 Å². The van der Waals surface area contributed by atoms with Gasteiger partial charge >= 0.3 is 5.97 Å². The van der Waals surface area contributed by atoms with Gasteiger partial charge in [0.15, 0.2) is 0 Å². The van der Waals surface area contributed by atoms with E-state index >= 15 is 0 Å². The summed E-state index contributed by atoms with van der Waals surface area (Å²) in [6, 6.07) is 10.9. The molecule has 37 heavy (non-hydrogen) atoms. The van der Waals surface area contributed by atoms with Crippen LogP contribution in [0.3, 0.4) is 0 Å². The standard InChI is InChI=1S/C28H35N3O6/c32-25(9-10-26(33)34)30-15-4-3-11-28(21-37-22-6-5-14-29-20-22)12-16-31(17-13-28)27(35)23-7-1-2-8-24(23)36-19-18-30/h1-2,5-8,14,20H,3-4,9-13,15-19,21H2,(H,33,34). The van der Waals surface area contributed by atoms with Crippen LogP contribution < -0.4 is 9.47 Å². The minimum atomic E-state index is -0.989. The molecule has 9 nitrogen and oxygen atoms in total. The van der Waals surface area contributed by atoms with Crippen molar-refractivity contribution in [1.82, 2.24) is 14.8 Å². The SMILES string of the molecule is O=C(O)CCC(=O)N1CCCCC2(COc3cccnc3)CCN(CC2)C(=O)c2ccccc2OCC1. The molecular formula is C28H35N3O6. The Balaban J connectivity index is 1.52. The summed E-state index contributed by atoms with van der Waals surface area (Å²) in [4.78, 5) is 44.9. The van der Waals surface area contributed by atoms with Crippen LogP contribution in [0.1, 0.15) is 55.3 Å². The topological polar surface area (TPSA) is 109 Å². The molecule has 1 aromatic heterocycles. The second kappa shape index (κ2) is 12.6. The highest BCUT2D eigenvalue weighted by molar-refractivity contribution is 5.97. The summed E-state index contributed by atoms with van der Waals surface area (Å²) < 4.78 is 12.1. The molecule has 2 aromatic rings. The molecule has 1 saturated heterocycles. The minimum Gasteiger partial charge on any atom is -0.491 e. The number of para-hydroxylation sites is 1.